The Morgan fingerprint density at radius 3 is 2.27 bits per heavy atom. The molecular formula is C30H36N4O3. The predicted molar refractivity (Wildman–Crippen MR) is 143 cm³/mol. The highest BCUT2D eigenvalue weighted by molar-refractivity contribution is 6.04. The molecule has 3 amide bonds. The van der Waals surface area contributed by atoms with E-state index >= 15 is 0 Å². The van der Waals surface area contributed by atoms with Crippen LogP contribution in [0.1, 0.15) is 67.3 Å². The molecule has 194 valence electrons. The fourth-order valence-corrected chi connectivity index (χ4v) is 7.54. The molecule has 4 saturated carbocycles. The van der Waals surface area contributed by atoms with Crippen molar-refractivity contribution in [3.63, 3.8) is 0 Å². The lowest BCUT2D eigenvalue weighted by Gasteiger charge is -2.57. The maximum atomic E-state index is 12.8. The molecule has 0 radical (unpaired) electrons. The van der Waals surface area contributed by atoms with Gasteiger partial charge in [-0.05, 0) is 112 Å². The summed E-state index contributed by atoms with van der Waals surface area (Å²) in [6.45, 7) is 0.991. The van der Waals surface area contributed by atoms with Crippen LogP contribution in [-0.4, -0.2) is 35.8 Å². The van der Waals surface area contributed by atoms with Gasteiger partial charge < -0.3 is 16.0 Å². The summed E-state index contributed by atoms with van der Waals surface area (Å²) in [7, 11) is 0. The van der Waals surface area contributed by atoms with Gasteiger partial charge in [0, 0.05) is 28.9 Å². The first-order valence-corrected chi connectivity index (χ1v) is 13.8. The highest BCUT2D eigenvalue weighted by Crippen LogP contribution is 2.55. The second kappa shape index (κ2) is 9.93. The molecule has 2 aromatic carbocycles. The highest BCUT2D eigenvalue weighted by atomic mass is 16.2. The first-order valence-electron chi connectivity index (χ1n) is 13.8. The van der Waals surface area contributed by atoms with Crippen molar-refractivity contribution in [3.05, 3.63) is 59.7 Å². The molecule has 0 aromatic heterocycles. The molecule has 7 heteroatoms. The lowest BCUT2D eigenvalue weighted by atomic mass is 9.53. The smallest absolute Gasteiger partial charge is 0.255 e. The summed E-state index contributed by atoms with van der Waals surface area (Å²) in [6, 6.07) is 14.7. The molecule has 37 heavy (non-hydrogen) atoms. The molecule has 1 atom stereocenters. The van der Waals surface area contributed by atoms with Gasteiger partial charge in [-0.25, -0.2) is 0 Å². The summed E-state index contributed by atoms with van der Waals surface area (Å²) < 4.78 is 0. The van der Waals surface area contributed by atoms with E-state index in [4.69, 9.17) is 0 Å². The Kier molecular flexibility index (Phi) is 6.49. The van der Waals surface area contributed by atoms with Crippen molar-refractivity contribution in [2.75, 3.05) is 17.2 Å². The van der Waals surface area contributed by atoms with E-state index in [2.05, 4.69) is 33.4 Å². The third-order valence-electron chi connectivity index (χ3n) is 8.87. The van der Waals surface area contributed by atoms with Crippen LogP contribution in [0, 0.1) is 17.8 Å². The minimum absolute atomic E-state index is 0.170. The lowest BCUT2D eigenvalue weighted by molar-refractivity contribution is -0.133. The van der Waals surface area contributed by atoms with Crippen LogP contribution >= 0.6 is 0 Å². The van der Waals surface area contributed by atoms with Gasteiger partial charge in [0.2, 0.25) is 11.8 Å². The summed E-state index contributed by atoms with van der Waals surface area (Å²) in [5.41, 5.74) is 3.60. The molecule has 4 aliphatic carbocycles. The van der Waals surface area contributed by atoms with E-state index < -0.39 is 6.04 Å². The average molecular weight is 501 g/mol. The molecule has 4 bridgehead atoms. The Labute approximate surface area is 218 Å². The number of carbonyl (C=O) groups excluding carboxylic acids is 3. The Hall–Kier alpha value is -3.19. The highest BCUT2D eigenvalue weighted by Gasteiger charge is 2.50. The number of imide groups is 1. The van der Waals surface area contributed by atoms with E-state index in [-0.39, 0.29) is 17.7 Å². The average Bonchev–Trinajstić information content (AvgIpc) is 2.85. The van der Waals surface area contributed by atoms with Crippen molar-refractivity contribution in [1.29, 1.82) is 0 Å². The topological polar surface area (TPSA) is 99.3 Å². The van der Waals surface area contributed by atoms with Crippen LogP contribution in [0.4, 0.5) is 11.4 Å². The van der Waals surface area contributed by atoms with E-state index in [1.54, 1.807) is 6.07 Å². The van der Waals surface area contributed by atoms with Crippen molar-refractivity contribution < 1.29 is 14.4 Å². The number of amides is 3. The monoisotopic (exact) mass is 500 g/mol. The fraction of sp³-hybridized carbons (Fsp3) is 0.500. The quantitative estimate of drug-likeness (QED) is 0.406. The lowest BCUT2D eigenvalue weighted by Crippen LogP contribution is -2.58. The first-order chi connectivity index (χ1) is 17.9. The third kappa shape index (κ3) is 5.42. The van der Waals surface area contributed by atoms with E-state index in [0.717, 1.165) is 30.7 Å². The van der Waals surface area contributed by atoms with Crippen molar-refractivity contribution in [2.24, 2.45) is 17.8 Å². The van der Waals surface area contributed by atoms with E-state index in [0.29, 0.717) is 35.3 Å². The summed E-state index contributed by atoms with van der Waals surface area (Å²) in [6.07, 6.45) is 10.2. The summed E-state index contributed by atoms with van der Waals surface area (Å²) in [5.74, 6) is 2.12. The molecule has 1 unspecified atom stereocenters. The molecule has 7 rings (SSSR count). The summed E-state index contributed by atoms with van der Waals surface area (Å²) in [5, 5.41) is 12.4. The Bertz CT molecular complexity index is 1160. The SMILES string of the molecule is O=C1CCC(Nc2cccc(NC(=O)c3ccc(CCNC45CC6CC(CC(C6)C4)C5)cc3)c2)C(=O)N1. The van der Waals surface area contributed by atoms with E-state index in [9.17, 15) is 14.4 Å². The standard InChI is InChI=1S/C30H36N4O3/c35-27-9-8-26(29(37)34-27)32-24-2-1-3-25(15-24)33-28(36)23-6-4-19(5-7-23)10-11-31-30-16-20-12-21(17-30)14-22(13-20)18-30/h1-7,15,20-22,26,31-32H,8-14,16-18H2,(H,33,36)(H,34,35,37). The van der Waals surface area contributed by atoms with Crippen LogP contribution in [-0.2, 0) is 16.0 Å². The molecule has 0 spiro atoms. The van der Waals surface area contributed by atoms with Gasteiger partial charge in [0.1, 0.15) is 6.04 Å². The van der Waals surface area contributed by atoms with Crippen molar-refractivity contribution in [3.8, 4) is 0 Å². The van der Waals surface area contributed by atoms with Crippen molar-refractivity contribution in [1.82, 2.24) is 10.6 Å². The molecule has 1 heterocycles. The predicted octanol–water partition coefficient (Wildman–Crippen LogP) is 4.26. The van der Waals surface area contributed by atoms with Crippen molar-refractivity contribution >= 4 is 29.1 Å². The minimum Gasteiger partial charge on any atom is -0.374 e. The van der Waals surface area contributed by atoms with Gasteiger partial charge in [-0.15, -0.1) is 0 Å². The normalized spacial score (nSPS) is 30.2. The number of carbonyl (C=O) groups is 3. The van der Waals surface area contributed by atoms with E-state index in [1.807, 2.05) is 30.3 Å². The number of nitrogens with one attached hydrogen (secondary N) is 4. The van der Waals surface area contributed by atoms with Gasteiger partial charge in [0.25, 0.3) is 5.91 Å². The van der Waals surface area contributed by atoms with Gasteiger partial charge in [-0.1, -0.05) is 18.2 Å². The largest absolute Gasteiger partial charge is 0.374 e. The number of benzene rings is 2. The number of anilines is 2. The van der Waals surface area contributed by atoms with Gasteiger partial charge >= 0.3 is 0 Å². The third-order valence-corrected chi connectivity index (χ3v) is 8.87. The number of piperidine rings is 1. The molecule has 1 saturated heterocycles. The Balaban J connectivity index is 1.00. The Morgan fingerprint density at radius 2 is 1.59 bits per heavy atom. The summed E-state index contributed by atoms with van der Waals surface area (Å²) >= 11 is 0. The van der Waals surface area contributed by atoms with Crippen LogP contribution in [0.15, 0.2) is 48.5 Å². The molecule has 7 nitrogen and oxygen atoms in total. The van der Waals surface area contributed by atoms with E-state index in [1.165, 1.54) is 44.1 Å². The second-order valence-corrected chi connectivity index (χ2v) is 11.8. The second-order valence-electron chi connectivity index (χ2n) is 11.8. The molecule has 4 N–H and O–H groups in total. The first kappa shape index (κ1) is 24.2. The molecule has 2 aromatic rings. The van der Waals surface area contributed by atoms with Crippen LogP contribution in [0.5, 0.6) is 0 Å². The van der Waals surface area contributed by atoms with Gasteiger partial charge in [0.15, 0.2) is 0 Å². The fourth-order valence-electron chi connectivity index (χ4n) is 7.54. The molecule has 1 aliphatic heterocycles. The number of hydrogen-bond donors (Lipinski definition) is 4. The summed E-state index contributed by atoms with van der Waals surface area (Å²) in [4.78, 5) is 36.2. The Morgan fingerprint density at radius 1 is 0.919 bits per heavy atom. The van der Waals surface area contributed by atoms with Crippen molar-refractivity contribution in [2.45, 2.75) is 69.4 Å². The van der Waals surface area contributed by atoms with Crippen LogP contribution in [0.2, 0.25) is 0 Å². The van der Waals surface area contributed by atoms with Gasteiger partial charge in [-0.3, -0.25) is 19.7 Å². The maximum absolute atomic E-state index is 12.8. The number of rotatable bonds is 8. The molecule has 5 aliphatic rings. The van der Waals surface area contributed by atoms with Crippen LogP contribution in [0.3, 0.4) is 0 Å². The molecular weight excluding hydrogens is 464 g/mol. The maximum Gasteiger partial charge on any atom is 0.255 e. The van der Waals surface area contributed by atoms with Gasteiger partial charge in [0.05, 0.1) is 0 Å². The molecule has 5 fully saturated rings. The minimum atomic E-state index is -0.464. The zero-order chi connectivity index (χ0) is 25.4. The van der Waals surface area contributed by atoms with Crippen LogP contribution < -0.4 is 21.3 Å². The zero-order valence-electron chi connectivity index (χ0n) is 21.2. The van der Waals surface area contributed by atoms with Gasteiger partial charge in [-0.2, -0.15) is 0 Å². The van der Waals surface area contributed by atoms with Crippen LogP contribution in [0.25, 0.3) is 0 Å². The zero-order valence-corrected chi connectivity index (χ0v) is 21.2. The number of hydrogen-bond acceptors (Lipinski definition) is 5.